The zero-order chi connectivity index (χ0) is 8.85. The van der Waals surface area contributed by atoms with Crippen LogP contribution < -0.4 is 0 Å². The van der Waals surface area contributed by atoms with Crippen LogP contribution in [-0.2, 0) is 4.74 Å². The van der Waals surface area contributed by atoms with Gasteiger partial charge in [-0.15, -0.1) is 0 Å². The Morgan fingerprint density at radius 3 is 2.73 bits per heavy atom. The average molecular weight is 155 g/mol. The lowest BCUT2D eigenvalue weighted by Gasteiger charge is -2.13. The molecule has 0 fully saturated rings. The number of hydrogen-bond donors (Lipinski definition) is 1. The van der Waals surface area contributed by atoms with E-state index in [9.17, 15) is 0 Å². The van der Waals surface area contributed by atoms with Gasteiger partial charge in [-0.3, -0.25) is 0 Å². The largest absolute Gasteiger partial charge is 0.375 e. The summed E-state index contributed by atoms with van der Waals surface area (Å²) in [6.07, 6.45) is -1.49. The third kappa shape index (κ3) is 4.54. The Balaban J connectivity index is 3.62. The number of hydrogen-bond acceptors (Lipinski definition) is 3. The van der Waals surface area contributed by atoms with E-state index in [1.165, 1.54) is 0 Å². The van der Waals surface area contributed by atoms with Crippen molar-refractivity contribution in [2.75, 3.05) is 6.61 Å². The summed E-state index contributed by atoms with van der Waals surface area (Å²) in [6.45, 7) is 7.49. The van der Waals surface area contributed by atoms with Crippen LogP contribution in [0.2, 0.25) is 0 Å². The lowest BCUT2D eigenvalue weighted by Crippen LogP contribution is -2.24. The maximum Gasteiger partial charge on any atom is 0.166 e. The normalized spacial score (nSPS) is 15.1. The summed E-state index contributed by atoms with van der Waals surface area (Å²) in [5, 5.41) is 17.2. The Morgan fingerprint density at radius 2 is 2.36 bits per heavy atom. The van der Waals surface area contributed by atoms with E-state index < -0.39 is 12.2 Å². The summed E-state index contributed by atoms with van der Waals surface area (Å²) in [5.41, 5.74) is 0.877. The smallest absolute Gasteiger partial charge is 0.166 e. The molecular formula is C8H13NO2. The van der Waals surface area contributed by atoms with E-state index in [0.717, 1.165) is 5.57 Å². The molecule has 0 aliphatic heterocycles. The summed E-state index contributed by atoms with van der Waals surface area (Å²) in [6, 6.07) is 1.69. The average Bonchev–Trinajstić information content (AvgIpc) is 1.98. The Morgan fingerprint density at radius 1 is 1.82 bits per heavy atom. The summed E-state index contributed by atoms with van der Waals surface area (Å²) >= 11 is 0. The van der Waals surface area contributed by atoms with Crippen LogP contribution in [0.4, 0.5) is 0 Å². The summed E-state index contributed by atoms with van der Waals surface area (Å²) < 4.78 is 5.08. The second-order valence-corrected chi connectivity index (χ2v) is 2.55. The van der Waals surface area contributed by atoms with Crippen molar-refractivity contribution in [2.45, 2.75) is 26.1 Å². The van der Waals surface area contributed by atoms with Crippen LogP contribution in [0.5, 0.6) is 0 Å². The van der Waals surface area contributed by atoms with Crippen molar-refractivity contribution in [1.29, 1.82) is 5.26 Å². The molecule has 11 heavy (non-hydrogen) atoms. The van der Waals surface area contributed by atoms with Gasteiger partial charge in [0.05, 0.1) is 18.8 Å². The van der Waals surface area contributed by atoms with E-state index in [1.807, 2.05) is 6.92 Å². The van der Waals surface area contributed by atoms with Crippen molar-refractivity contribution in [3.8, 4) is 6.07 Å². The Bertz CT molecular complexity index is 171. The van der Waals surface area contributed by atoms with Gasteiger partial charge in [-0.25, -0.2) is 0 Å². The lowest BCUT2D eigenvalue weighted by molar-refractivity contribution is 0.00784. The second kappa shape index (κ2) is 4.89. The molecular weight excluding hydrogens is 142 g/mol. The number of ether oxygens (including phenoxy) is 1. The topological polar surface area (TPSA) is 53.2 Å². The minimum atomic E-state index is -1.05. The lowest BCUT2D eigenvalue weighted by atomic mass is 10.2. The van der Waals surface area contributed by atoms with Crippen molar-refractivity contribution in [1.82, 2.24) is 0 Å². The molecule has 0 radical (unpaired) electrons. The van der Waals surface area contributed by atoms with Crippen molar-refractivity contribution in [2.24, 2.45) is 0 Å². The van der Waals surface area contributed by atoms with Gasteiger partial charge < -0.3 is 9.84 Å². The van der Waals surface area contributed by atoms with E-state index in [1.54, 1.807) is 13.0 Å². The molecule has 0 spiro atoms. The molecule has 62 valence electrons. The molecule has 2 atom stereocenters. The number of aliphatic hydroxyl groups excluding tert-OH is 1. The highest BCUT2D eigenvalue weighted by Crippen LogP contribution is 1.99. The van der Waals surface area contributed by atoms with Gasteiger partial charge in [-0.05, 0) is 13.8 Å². The first-order valence-corrected chi connectivity index (χ1v) is 3.41. The van der Waals surface area contributed by atoms with E-state index in [2.05, 4.69) is 6.58 Å². The first-order chi connectivity index (χ1) is 5.07. The molecule has 0 aliphatic rings. The molecule has 0 rings (SSSR count). The molecule has 0 aromatic heterocycles. The molecule has 0 aliphatic carbocycles. The summed E-state index contributed by atoms with van der Waals surface area (Å²) in [7, 11) is 0. The first-order valence-electron chi connectivity index (χ1n) is 3.41. The third-order valence-electron chi connectivity index (χ3n) is 1.17. The SMILES string of the molecule is C=C(C)COC(C)[C@H](O)C#N. The molecule has 3 heteroatoms. The highest BCUT2D eigenvalue weighted by molar-refractivity contribution is 4.91. The van der Waals surface area contributed by atoms with Gasteiger partial charge in [-0.1, -0.05) is 12.2 Å². The van der Waals surface area contributed by atoms with Crippen LogP contribution in [0.3, 0.4) is 0 Å². The zero-order valence-electron chi connectivity index (χ0n) is 6.87. The van der Waals surface area contributed by atoms with Crippen molar-refractivity contribution in [3.63, 3.8) is 0 Å². The van der Waals surface area contributed by atoms with Gasteiger partial charge in [0.2, 0.25) is 0 Å². The van der Waals surface area contributed by atoms with E-state index in [4.69, 9.17) is 15.1 Å². The summed E-state index contributed by atoms with van der Waals surface area (Å²) in [5.74, 6) is 0. The predicted octanol–water partition coefficient (Wildman–Crippen LogP) is 0.852. The number of aliphatic hydroxyl groups is 1. The molecule has 0 saturated carbocycles. The molecule has 0 bridgehead atoms. The molecule has 0 saturated heterocycles. The number of nitriles is 1. The molecule has 1 unspecified atom stereocenters. The van der Waals surface area contributed by atoms with Crippen LogP contribution in [0.25, 0.3) is 0 Å². The van der Waals surface area contributed by atoms with Gasteiger partial charge in [0.1, 0.15) is 0 Å². The van der Waals surface area contributed by atoms with Crippen molar-refractivity contribution >= 4 is 0 Å². The van der Waals surface area contributed by atoms with Crippen molar-refractivity contribution < 1.29 is 9.84 Å². The maximum atomic E-state index is 8.92. The van der Waals surface area contributed by atoms with Gasteiger partial charge in [0.25, 0.3) is 0 Å². The molecule has 1 N–H and O–H groups in total. The molecule has 3 nitrogen and oxygen atoms in total. The highest BCUT2D eigenvalue weighted by Gasteiger charge is 2.12. The monoisotopic (exact) mass is 155 g/mol. The Hall–Kier alpha value is -0.850. The fourth-order valence-corrected chi connectivity index (χ4v) is 0.470. The summed E-state index contributed by atoms with van der Waals surface area (Å²) in [4.78, 5) is 0. The van der Waals surface area contributed by atoms with Crippen LogP contribution in [0, 0.1) is 11.3 Å². The Labute approximate surface area is 66.9 Å². The van der Waals surface area contributed by atoms with Crippen molar-refractivity contribution in [3.05, 3.63) is 12.2 Å². The van der Waals surface area contributed by atoms with Crippen LogP contribution in [0.1, 0.15) is 13.8 Å². The highest BCUT2D eigenvalue weighted by atomic mass is 16.5. The zero-order valence-corrected chi connectivity index (χ0v) is 6.87. The molecule has 0 heterocycles. The van der Waals surface area contributed by atoms with Gasteiger partial charge in [0.15, 0.2) is 6.10 Å². The standard InChI is InChI=1S/C8H13NO2/c1-6(2)5-11-7(3)8(10)4-9/h7-8,10H,1,5H2,2-3H3/t7?,8-/m1/s1. The van der Waals surface area contributed by atoms with E-state index in [-0.39, 0.29) is 0 Å². The minimum absolute atomic E-state index is 0.389. The predicted molar refractivity (Wildman–Crippen MR) is 41.8 cm³/mol. The van der Waals surface area contributed by atoms with Gasteiger partial charge in [0, 0.05) is 0 Å². The first kappa shape index (κ1) is 10.2. The van der Waals surface area contributed by atoms with Crippen LogP contribution >= 0.6 is 0 Å². The second-order valence-electron chi connectivity index (χ2n) is 2.55. The molecule has 0 aromatic rings. The van der Waals surface area contributed by atoms with Gasteiger partial charge in [-0.2, -0.15) is 5.26 Å². The van der Waals surface area contributed by atoms with Gasteiger partial charge >= 0.3 is 0 Å². The third-order valence-corrected chi connectivity index (χ3v) is 1.17. The van der Waals surface area contributed by atoms with E-state index in [0.29, 0.717) is 6.61 Å². The maximum absolute atomic E-state index is 8.92. The Kier molecular flexibility index (Phi) is 4.51. The number of nitrogens with zero attached hydrogens (tertiary/aromatic N) is 1. The molecule has 0 aromatic carbocycles. The number of rotatable bonds is 4. The molecule has 0 amide bonds. The van der Waals surface area contributed by atoms with Crippen LogP contribution in [0.15, 0.2) is 12.2 Å². The van der Waals surface area contributed by atoms with E-state index >= 15 is 0 Å². The fourth-order valence-electron chi connectivity index (χ4n) is 0.470. The fraction of sp³-hybridized carbons (Fsp3) is 0.625. The minimum Gasteiger partial charge on any atom is -0.375 e. The van der Waals surface area contributed by atoms with Crippen LogP contribution in [-0.4, -0.2) is 23.9 Å². The quantitative estimate of drug-likeness (QED) is 0.483.